The van der Waals surface area contributed by atoms with Crippen LogP contribution in [0, 0.1) is 5.92 Å². The van der Waals surface area contributed by atoms with Crippen LogP contribution in [0.25, 0.3) is 0 Å². The summed E-state index contributed by atoms with van der Waals surface area (Å²) in [6, 6.07) is 10.7. The molecule has 2 N–H and O–H groups in total. The second kappa shape index (κ2) is 9.04. The molecule has 1 aliphatic rings. The molecule has 0 aromatic heterocycles. The lowest BCUT2D eigenvalue weighted by Crippen LogP contribution is -2.50. The number of urea groups is 1. The van der Waals surface area contributed by atoms with Crippen LogP contribution >= 0.6 is 0 Å². The third-order valence-electron chi connectivity index (χ3n) is 5.07. The summed E-state index contributed by atoms with van der Waals surface area (Å²) in [6.07, 6.45) is 1.37. The van der Waals surface area contributed by atoms with Crippen LogP contribution in [0.15, 0.2) is 30.3 Å². The van der Waals surface area contributed by atoms with Crippen LogP contribution in [0.5, 0.6) is 0 Å². The van der Waals surface area contributed by atoms with E-state index >= 15 is 0 Å². The number of carbonyl (C=O) groups excluding carboxylic acids is 1. The zero-order valence-corrected chi connectivity index (χ0v) is 15.1. The lowest BCUT2D eigenvalue weighted by atomic mass is 9.96. The Morgan fingerprint density at radius 2 is 2.12 bits per heavy atom. The average molecular weight is 333 g/mol. The summed E-state index contributed by atoms with van der Waals surface area (Å²) in [7, 11) is 2.11. The Morgan fingerprint density at radius 1 is 1.42 bits per heavy atom. The minimum absolute atomic E-state index is 0.0566. The zero-order chi connectivity index (χ0) is 17.5. The second-order valence-electron chi connectivity index (χ2n) is 7.05. The number of piperidine rings is 1. The molecule has 0 aliphatic carbocycles. The molecule has 0 radical (unpaired) electrons. The quantitative estimate of drug-likeness (QED) is 0.840. The molecule has 1 saturated heterocycles. The van der Waals surface area contributed by atoms with Gasteiger partial charge < -0.3 is 15.3 Å². The van der Waals surface area contributed by atoms with Gasteiger partial charge in [0.05, 0.1) is 6.10 Å². The van der Waals surface area contributed by atoms with Crippen LogP contribution in [-0.4, -0.2) is 59.8 Å². The van der Waals surface area contributed by atoms with E-state index in [1.807, 2.05) is 13.0 Å². The molecular weight excluding hydrogens is 302 g/mol. The maximum atomic E-state index is 12.2. The van der Waals surface area contributed by atoms with E-state index in [1.54, 1.807) is 4.90 Å². The fourth-order valence-corrected chi connectivity index (χ4v) is 2.98. The SMILES string of the molecule is CC1CCN(C(=O)NCCC(C)N(C)Cc2ccccc2)CC1O. The Bertz CT molecular complexity index is 509. The number of benzene rings is 1. The van der Waals surface area contributed by atoms with E-state index in [1.165, 1.54) is 5.56 Å². The molecule has 5 heteroatoms. The van der Waals surface area contributed by atoms with Gasteiger partial charge in [-0.1, -0.05) is 37.3 Å². The maximum Gasteiger partial charge on any atom is 0.317 e. The van der Waals surface area contributed by atoms with Crippen molar-refractivity contribution in [1.82, 2.24) is 15.1 Å². The second-order valence-corrected chi connectivity index (χ2v) is 7.05. The third kappa shape index (κ3) is 5.49. The summed E-state index contributed by atoms with van der Waals surface area (Å²) in [4.78, 5) is 16.2. The van der Waals surface area contributed by atoms with Crippen LogP contribution in [-0.2, 0) is 6.54 Å². The van der Waals surface area contributed by atoms with E-state index in [0.29, 0.717) is 19.1 Å². The van der Waals surface area contributed by atoms with Gasteiger partial charge in [-0.3, -0.25) is 4.90 Å². The highest BCUT2D eigenvalue weighted by Gasteiger charge is 2.27. The molecule has 1 aliphatic heterocycles. The number of nitrogens with zero attached hydrogens (tertiary/aromatic N) is 2. The van der Waals surface area contributed by atoms with E-state index in [0.717, 1.165) is 25.9 Å². The largest absolute Gasteiger partial charge is 0.391 e. The first kappa shape index (κ1) is 18.7. The Balaban J connectivity index is 1.68. The van der Waals surface area contributed by atoms with Crippen LogP contribution < -0.4 is 5.32 Å². The first-order valence-corrected chi connectivity index (χ1v) is 8.92. The number of carbonyl (C=O) groups is 1. The van der Waals surface area contributed by atoms with Gasteiger partial charge in [0.2, 0.25) is 0 Å². The number of aliphatic hydroxyl groups excluding tert-OH is 1. The molecule has 24 heavy (non-hydrogen) atoms. The standard InChI is InChI=1S/C19H31N3O2/c1-15-10-12-22(14-18(15)23)19(24)20-11-9-16(2)21(3)13-17-7-5-4-6-8-17/h4-8,15-16,18,23H,9-14H2,1-3H3,(H,20,24). The van der Waals surface area contributed by atoms with Crippen molar-refractivity contribution < 1.29 is 9.90 Å². The predicted octanol–water partition coefficient (Wildman–Crippen LogP) is 2.31. The summed E-state index contributed by atoms with van der Waals surface area (Å²) < 4.78 is 0. The maximum absolute atomic E-state index is 12.2. The van der Waals surface area contributed by atoms with Gasteiger partial charge in [0.25, 0.3) is 0 Å². The lowest BCUT2D eigenvalue weighted by Gasteiger charge is -2.34. The highest BCUT2D eigenvalue weighted by Crippen LogP contribution is 2.16. The van der Waals surface area contributed by atoms with Crippen molar-refractivity contribution in [3.63, 3.8) is 0 Å². The third-order valence-corrected chi connectivity index (χ3v) is 5.07. The van der Waals surface area contributed by atoms with E-state index in [9.17, 15) is 9.90 Å². The smallest absolute Gasteiger partial charge is 0.317 e. The highest BCUT2D eigenvalue weighted by molar-refractivity contribution is 5.74. The highest BCUT2D eigenvalue weighted by atomic mass is 16.3. The molecule has 3 atom stereocenters. The van der Waals surface area contributed by atoms with Gasteiger partial charge in [-0.05, 0) is 38.3 Å². The molecular formula is C19H31N3O2. The van der Waals surface area contributed by atoms with Crippen molar-refractivity contribution in [3.8, 4) is 0 Å². The molecule has 1 aromatic carbocycles. The first-order valence-electron chi connectivity index (χ1n) is 8.92. The summed E-state index contributed by atoms with van der Waals surface area (Å²) in [5, 5.41) is 12.9. The lowest BCUT2D eigenvalue weighted by molar-refractivity contribution is 0.0435. The van der Waals surface area contributed by atoms with Crippen molar-refractivity contribution in [2.24, 2.45) is 5.92 Å². The number of rotatable bonds is 6. The van der Waals surface area contributed by atoms with Gasteiger partial charge in [0, 0.05) is 32.2 Å². The van der Waals surface area contributed by atoms with Crippen LogP contribution in [0.1, 0.15) is 32.3 Å². The fourth-order valence-electron chi connectivity index (χ4n) is 2.98. The minimum Gasteiger partial charge on any atom is -0.391 e. The molecule has 0 saturated carbocycles. The topological polar surface area (TPSA) is 55.8 Å². The summed E-state index contributed by atoms with van der Waals surface area (Å²) >= 11 is 0. The van der Waals surface area contributed by atoms with Crippen molar-refractivity contribution in [2.45, 2.75) is 45.4 Å². The number of hydrogen-bond acceptors (Lipinski definition) is 3. The van der Waals surface area contributed by atoms with Crippen molar-refractivity contribution >= 4 is 6.03 Å². The molecule has 2 amide bonds. The molecule has 3 unspecified atom stereocenters. The van der Waals surface area contributed by atoms with Crippen molar-refractivity contribution in [1.29, 1.82) is 0 Å². The van der Waals surface area contributed by atoms with Crippen molar-refractivity contribution in [2.75, 3.05) is 26.7 Å². The molecule has 1 aromatic rings. The minimum atomic E-state index is -0.402. The number of amides is 2. The van der Waals surface area contributed by atoms with Gasteiger partial charge in [0.1, 0.15) is 0 Å². The van der Waals surface area contributed by atoms with E-state index in [4.69, 9.17) is 0 Å². The van der Waals surface area contributed by atoms with Gasteiger partial charge in [-0.2, -0.15) is 0 Å². The Kier molecular flexibility index (Phi) is 7.06. The zero-order valence-electron chi connectivity index (χ0n) is 15.1. The van der Waals surface area contributed by atoms with Gasteiger partial charge in [-0.25, -0.2) is 4.79 Å². The molecule has 2 rings (SSSR count). The molecule has 1 heterocycles. The summed E-state index contributed by atoms with van der Waals surface area (Å²) in [6.45, 7) is 6.95. The number of aliphatic hydroxyl groups is 1. The number of β-amino-alcohol motifs (C(OH)–C–C–N with tert-alkyl or cyclic N) is 1. The average Bonchev–Trinajstić information content (AvgIpc) is 2.58. The molecule has 0 spiro atoms. The Hall–Kier alpha value is -1.59. The first-order chi connectivity index (χ1) is 11.5. The predicted molar refractivity (Wildman–Crippen MR) is 96.7 cm³/mol. The fraction of sp³-hybridized carbons (Fsp3) is 0.632. The number of likely N-dealkylation sites (tertiary alicyclic amines) is 1. The summed E-state index contributed by atoms with van der Waals surface area (Å²) in [5.41, 5.74) is 1.30. The van der Waals surface area contributed by atoms with Crippen LogP contribution in [0.3, 0.4) is 0 Å². The van der Waals surface area contributed by atoms with Crippen LogP contribution in [0.4, 0.5) is 4.79 Å². The van der Waals surface area contributed by atoms with Crippen molar-refractivity contribution in [3.05, 3.63) is 35.9 Å². The van der Waals surface area contributed by atoms with Gasteiger partial charge in [-0.15, -0.1) is 0 Å². The summed E-state index contributed by atoms with van der Waals surface area (Å²) in [5.74, 6) is 0.278. The van der Waals surface area contributed by atoms with E-state index in [-0.39, 0.29) is 11.9 Å². The van der Waals surface area contributed by atoms with Gasteiger partial charge >= 0.3 is 6.03 Å². The molecule has 134 valence electrons. The molecule has 0 bridgehead atoms. The monoisotopic (exact) mass is 333 g/mol. The molecule has 5 nitrogen and oxygen atoms in total. The van der Waals surface area contributed by atoms with E-state index < -0.39 is 6.10 Å². The van der Waals surface area contributed by atoms with Gasteiger partial charge in [0.15, 0.2) is 0 Å². The molecule has 1 fully saturated rings. The van der Waals surface area contributed by atoms with Crippen LogP contribution in [0.2, 0.25) is 0 Å². The normalized spacial score (nSPS) is 22.5. The number of hydrogen-bond donors (Lipinski definition) is 2. The van der Waals surface area contributed by atoms with E-state index in [2.05, 4.69) is 48.5 Å². The Morgan fingerprint density at radius 3 is 2.79 bits per heavy atom. The number of nitrogens with one attached hydrogen (secondary N) is 1. The Labute approximate surface area is 145 Å².